The Morgan fingerprint density at radius 1 is 1.29 bits per heavy atom. The van der Waals surface area contributed by atoms with Gasteiger partial charge >= 0.3 is 0 Å². The average Bonchev–Trinajstić information content (AvgIpc) is 2.36. The molecule has 102 valence electrons. The van der Waals surface area contributed by atoms with Gasteiger partial charge in [-0.05, 0) is 32.4 Å². The maximum Gasteiger partial charge on any atom is 0.151 e. The van der Waals surface area contributed by atoms with E-state index in [0.29, 0.717) is 18.5 Å². The third-order valence-electron chi connectivity index (χ3n) is 3.93. The van der Waals surface area contributed by atoms with Crippen molar-refractivity contribution in [3.8, 4) is 0 Å². The molecule has 17 heavy (non-hydrogen) atoms. The van der Waals surface area contributed by atoms with E-state index in [1.54, 1.807) is 6.92 Å². The zero-order valence-corrected chi connectivity index (χ0v) is 11.9. The third kappa shape index (κ3) is 4.56. The molecular formula is C12H26N2O2S. The van der Waals surface area contributed by atoms with Crippen LogP contribution in [0.25, 0.3) is 0 Å². The van der Waals surface area contributed by atoms with Crippen molar-refractivity contribution in [3.63, 3.8) is 0 Å². The number of rotatable bonds is 6. The van der Waals surface area contributed by atoms with Crippen LogP contribution < -0.4 is 5.73 Å². The van der Waals surface area contributed by atoms with Crippen molar-refractivity contribution >= 4 is 9.84 Å². The number of hydrogen-bond donors (Lipinski definition) is 1. The molecule has 2 N–H and O–H groups in total. The van der Waals surface area contributed by atoms with E-state index in [9.17, 15) is 8.42 Å². The Hall–Kier alpha value is -0.130. The molecule has 0 aromatic carbocycles. The molecule has 0 aromatic rings. The molecule has 1 aliphatic rings. The number of sulfone groups is 1. The number of hydrogen-bond acceptors (Lipinski definition) is 4. The third-order valence-corrected chi connectivity index (χ3v) is 5.62. The van der Waals surface area contributed by atoms with Crippen LogP contribution in [0.3, 0.4) is 0 Å². The fraction of sp³-hybridized carbons (Fsp3) is 1.00. The minimum atomic E-state index is -2.85. The van der Waals surface area contributed by atoms with Crippen molar-refractivity contribution in [3.05, 3.63) is 0 Å². The smallest absolute Gasteiger partial charge is 0.151 e. The molecule has 1 aliphatic carbocycles. The van der Waals surface area contributed by atoms with Crippen LogP contribution in [0.5, 0.6) is 0 Å². The molecule has 0 heterocycles. The monoisotopic (exact) mass is 262 g/mol. The van der Waals surface area contributed by atoms with Gasteiger partial charge in [-0.25, -0.2) is 8.42 Å². The highest BCUT2D eigenvalue weighted by Gasteiger charge is 2.27. The molecule has 2 unspecified atom stereocenters. The van der Waals surface area contributed by atoms with Gasteiger partial charge in [0.1, 0.15) is 0 Å². The van der Waals surface area contributed by atoms with Crippen molar-refractivity contribution < 1.29 is 8.42 Å². The Morgan fingerprint density at radius 3 is 2.53 bits per heavy atom. The van der Waals surface area contributed by atoms with Crippen LogP contribution in [0.15, 0.2) is 0 Å². The van der Waals surface area contributed by atoms with Crippen molar-refractivity contribution in [2.24, 2.45) is 11.7 Å². The van der Waals surface area contributed by atoms with E-state index in [4.69, 9.17) is 5.73 Å². The van der Waals surface area contributed by atoms with Gasteiger partial charge in [-0.1, -0.05) is 19.8 Å². The highest BCUT2D eigenvalue weighted by molar-refractivity contribution is 7.91. The lowest BCUT2D eigenvalue weighted by atomic mass is 9.84. The molecule has 0 saturated heterocycles. The summed E-state index contributed by atoms with van der Waals surface area (Å²) in [6.07, 6.45) is 4.85. The molecule has 0 radical (unpaired) electrons. The number of nitrogens with zero attached hydrogens (tertiary/aromatic N) is 1. The van der Waals surface area contributed by atoms with Crippen LogP contribution in [0.4, 0.5) is 0 Å². The lowest BCUT2D eigenvalue weighted by molar-refractivity contribution is 0.140. The Balaban J connectivity index is 2.48. The Bertz CT molecular complexity index is 316. The standard InChI is InChI=1S/C12H26N2O2S/c1-3-17(15,16)9-8-14(2)12-7-5-4-6-11(12)10-13/h11-12H,3-10,13H2,1-2H3. The summed E-state index contributed by atoms with van der Waals surface area (Å²) < 4.78 is 23.0. The van der Waals surface area contributed by atoms with Gasteiger partial charge in [0.25, 0.3) is 0 Å². The van der Waals surface area contributed by atoms with Gasteiger partial charge in [-0.2, -0.15) is 0 Å². The Kier molecular flexibility index (Phi) is 5.89. The minimum absolute atomic E-state index is 0.242. The molecule has 0 spiro atoms. The van der Waals surface area contributed by atoms with Crippen molar-refractivity contribution in [2.75, 3.05) is 31.6 Å². The quantitative estimate of drug-likeness (QED) is 0.771. The van der Waals surface area contributed by atoms with E-state index in [0.717, 1.165) is 13.0 Å². The zero-order valence-electron chi connectivity index (χ0n) is 11.1. The zero-order chi connectivity index (χ0) is 12.9. The lowest BCUT2D eigenvalue weighted by Gasteiger charge is -2.37. The fourth-order valence-electron chi connectivity index (χ4n) is 2.64. The molecular weight excluding hydrogens is 236 g/mol. The fourth-order valence-corrected chi connectivity index (χ4v) is 3.49. The van der Waals surface area contributed by atoms with Crippen LogP contribution in [0.2, 0.25) is 0 Å². The summed E-state index contributed by atoms with van der Waals surface area (Å²) in [5.74, 6) is 1.05. The minimum Gasteiger partial charge on any atom is -0.330 e. The van der Waals surface area contributed by atoms with E-state index in [1.807, 2.05) is 7.05 Å². The predicted molar refractivity (Wildman–Crippen MR) is 71.8 cm³/mol. The summed E-state index contributed by atoms with van der Waals surface area (Å²) in [6.45, 7) is 3.06. The van der Waals surface area contributed by atoms with Crippen molar-refractivity contribution in [1.82, 2.24) is 4.90 Å². The summed E-state index contributed by atoms with van der Waals surface area (Å²) in [4.78, 5) is 2.20. The molecule has 1 fully saturated rings. The van der Waals surface area contributed by atoms with Crippen molar-refractivity contribution in [1.29, 1.82) is 0 Å². The summed E-state index contributed by atoms with van der Waals surface area (Å²) in [7, 11) is -0.819. The van der Waals surface area contributed by atoms with E-state index < -0.39 is 9.84 Å². The first-order chi connectivity index (χ1) is 8.00. The van der Waals surface area contributed by atoms with Crippen LogP contribution in [-0.2, 0) is 9.84 Å². The lowest BCUT2D eigenvalue weighted by Crippen LogP contribution is -2.44. The second kappa shape index (κ2) is 6.71. The first kappa shape index (κ1) is 14.9. The summed E-state index contributed by atoms with van der Waals surface area (Å²) in [5, 5.41) is 0. The predicted octanol–water partition coefficient (Wildman–Crippen LogP) is 0.870. The van der Waals surface area contributed by atoms with E-state index in [2.05, 4.69) is 4.90 Å². The molecule has 2 atom stereocenters. The maximum absolute atomic E-state index is 11.5. The van der Waals surface area contributed by atoms with Gasteiger partial charge < -0.3 is 10.6 Å². The van der Waals surface area contributed by atoms with Gasteiger partial charge in [0, 0.05) is 18.3 Å². The van der Waals surface area contributed by atoms with E-state index in [-0.39, 0.29) is 11.5 Å². The highest BCUT2D eigenvalue weighted by Crippen LogP contribution is 2.26. The topological polar surface area (TPSA) is 63.4 Å². The molecule has 0 bridgehead atoms. The summed E-state index contributed by atoms with van der Waals surface area (Å²) in [5.41, 5.74) is 5.79. The second-order valence-electron chi connectivity index (χ2n) is 5.06. The molecule has 1 rings (SSSR count). The SMILES string of the molecule is CCS(=O)(=O)CCN(C)C1CCCCC1CN. The van der Waals surface area contributed by atoms with Gasteiger partial charge in [-0.15, -0.1) is 0 Å². The number of nitrogens with two attached hydrogens (primary N) is 1. The molecule has 0 aromatic heterocycles. The summed E-state index contributed by atoms with van der Waals surface area (Å²) in [6, 6.07) is 0.473. The van der Waals surface area contributed by atoms with Crippen molar-refractivity contribution in [2.45, 2.75) is 38.6 Å². The van der Waals surface area contributed by atoms with E-state index in [1.165, 1.54) is 19.3 Å². The highest BCUT2D eigenvalue weighted by atomic mass is 32.2. The molecule has 4 nitrogen and oxygen atoms in total. The van der Waals surface area contributed by atoms with Crippen LogP contribution in [0, 0.1) is 5.92 Å². The van der Waals surface area contributed by atoms with Gasteiger partial charge in [-0.3, -0.25) is 0 Å². The van der Waals surface area contributed by atoms with Gasteiger partial charge in [0.05, 0.1) is 5.75 Å². The molecule has 5 heteroatoms. The van der Waals surface area contributed by atoms with Crippen LogP contribution >= 0.6 is 0 Å². The van der Waals surface area contributed by atoms with Crippen LogP contribution in [0.1, 0.15) is 32.6 Å². The normalized spacial score (nSPS) is 26.4. The summed E-state index contributed by atoms with van der Waals surface area (Å²) >= 11 is 0. The first-order valence-electron chi connectivity index (χ1n) is 6.61. The average molecular weight is 262 g/mol. The Labute approximate surface area is 105 Å². The maximum atomic E-state index is 11.5. The second-order valence-corrected chi connectivity index (χ2v) is 7.54. The van der Waals surface area contributed by atoms with E-state index >= 15 is 0 Å². The van der Waals surface area contributed by atoms with Gasteiger partial charge in [0.15, 0.2) is 9.84 Å². The van der Waals surface area contributed by atoms with Gasteiger partial charge in [0.2, 0.25) is 0 Å². The molecule has 1 saturated carbocycles. The molecule has 0 amide bonds. The molecule has 0 aliphatic heterocycles. The first-order valence-corrected chi connectivity index (χ1v) is 8.43. The largest absolute Gasteiger partial charge is 0.330 e. The van der Waals surface area contributed by atoms with Crippen LogP contribution in [-0.4, -0.2) is 51.0 Å². The Morgan fingerprint density at radius 2 is 1.94 bits per heavy atom.